The van der Waals surface area contributed by atoms with Crippen molar-refractivity contribution in [2.45, 2.75) is 58.3 Å². The first-order valence-corrected chi connectivity index (χ1v) is 9.25. The molecule has 3 nitrogen and oxygen atoms in total. The van der Waals surface area contributed by atoms with E-state index in [0.29, 0.717) is 6.61 Å². The first-order valence-electron chi connectivity index (χ1n) is 9.25. The van der Waals surface area contributed by atoms with Crippen molar-refractivity contribution in [3.05, 3.63) is 35.9 Å². The molecule has 0 aliphatic carbocycles. The van der Waals surface area contributed by atoms with Crippen LogP contribution in [0.1, 0.15) is 63.9 Å². The van der Waals surface area contributed by atoms with Gasteiger partial charge in [-0.3, -0.25) is 0 Å². The number of benzene rings is 1. The van der Waals surface area contributed by atoms with E-state index in [1.807, 2.05) is 43.3 Å². The molecule has 0 N–H and O–H groups in total. The van der Waals surface area contributed by atoms with Crippen LogP contribution < -0.4 is 4.90 Å². The highest BCUT2D eigenvalue weighted by molar-refractivity contribution is 5.87. The van der Waals surface area contributed by atoms with Crippen LogP contribution in [0.2, 0.25) is 0 Å². The first kappa shape index (κ1) is 20.3. The van der Waals surface area contributed by atoms with Gasteiger partial charge in [-0.1, -0.05) is 64.0 Å². The maximum Gasteiger partial charge on any atom is 0.330 e. The Labute approximate surface area is 147 Å². The lowest BCUT2D eigenvalue weighted by Gasteiger charge is -2.11. The minimum atomic E-state index is -0.255. The first-order chi connectivity index (χ1) is 11.6. The molecule has 24 heavy (non-hydrogen) atoms. The monoisotopic (exact) mass is 331 g/mol. The Balaban J connectivity index is 2.11. The molecule has 0 saturated heterocycles. The summed E-state index contributed by atoms with van der Waals surface area (Å²) < 4.78 is 5.24. The molecule has 0 amide bonds. The molecule has 1 aromatic carbocycles. The smallest absolute Gasteiger partial charge is 0.330 e. The van der Waals surface area contributed by atoms with Gasteiger partial charge in [-0.2, -0.15) is 0 Å². The third-order valence-corrected chi connectivity index (χ3v) is 4.06. The van der Waals surface area contributed by atoms with E-state index >= 15 is 0 Å². The summed E-state index contributed by atoms with van der Waals surface area (Å²) in [5, 5.41) is 0. The lowest BCUT2D eigenvalue weighted by molar-refractivity contribution is -0.137. The maximum absolute atomic E-state index is 11.7. The highest BCUT2D eigenvalue weighted by Gasteiger charge is 1.98. The third kappa shape index (κ3) is 9.39. The van der Waals surface area contributed by atoms with Crippen LogP contribution >= 0.6 is 0 Å². The van der Waals surface area contributed by atoms with Crippen LogP contribution in [0.25, 0.3) is 6.08 Å². The summed E-state index contributed by atoms with van der Waals surface area (Å²) in [7, 11) is 4.01. The van der Waals surface area contributed by atoms with Gasteiger partial charge in [0.1, 0.15) is 0 Å². The van der Waals surface area contributed by atoms with Gasteiger partial charge in [0, 0.05) is 25.9 Å². The molecule has 1 rings (SSSR count). The van der Waals surface area contributed by atoms with Crippen molar-refractivity contribution in [1.29, 1.82) is 0 Å². The van der Waals surface area contributed by atoms with Gasteiger partial charge in [0.05, 0.1) is 6.61 Å². The lowest BCUT2D eigenvalue weighted by atomic mass is 10.1. The Bertz CT molecular complexity index is 477. The number of esters is 1. The van der Waals surface area contributed by atoms with Crippen LogP contribution in [0.3, 0.4) is 0 Å². The Morgan fingerprint density at radius 1 is 0.958 bits per heavy atom. The minimum Gasteiger partial charge on any atom is -0.463 e. The van der Waals surface area contributed by atoms with Gasteiger partial charge in [0.25, 0.3) is 0 Å². The lowest BCUT2D eigenvalue weighted by Crippen LogP contribution is -2.07. The molecule has 0 fully saturated rings. The number of hydrogen-bond acceptors (Lipinski definition) is 3. The average Bonchev–Trinajstić information content (AvgIpc) is 2.59. The number of nitrogens with zero attached hydrogens (tertiary/aromatic N) is 1. The van der Waals surface area contributed by atoms with Crippen molar-refractivity contribution in [1.82, 2.24) is 0 Å². The van der Waals surface area contributed by atoms with Crippen LogP contribution in [0.4, 0.5) is 5.69 Å². The minimum absolute atomic E-state index is 0.255. The van der Waals surface area contributed by atoms with Gasteiger partial charge < -0.3 is 9.64 Å². The van der Waals surface area contributed by atoms with Crippen molar-refractivity contribution < 1.29 is 9.53 Å². The van der Waals surface area contributed by atoms with Crippen LogP contribution in [0.15, 0.2) is 30.3 Å². The van der Waals surface area contributed by atoms with Gasteiger partial charge in [-0.05, 0) is 30.2 Å². The molecule has 0 spiro atoms. The molecule has 3 heteroatoms. The maximum atomic E-state index is 11.7. The van der Waals surface area contributed by atoms with E-state index in [0.717, 1.165) is 24.1 Å². The number of unbranched alkanes of at least 4 members (excludes halogenated alkanes) is 7. The number of hydrogen-bond donors (Lipinski definition) is 0. The predicted octanol–water partition coefficient (Wildman–Crippen LogP) is 5.45. The molecular weight excluding hydrogens is 298 g/mol. The van der Waals surface area contributed by atoms with Crippen LogP contribution in [0.5, 0.6) is 0 Å². The molecule has 0 unspecified atom stereocenters. The van der Waals surface area contributed by atoms with Crippen molar-refractivity contribution in [2.75, 3.05) is 25.6 Å². The van der Waals surface area contributed by atoms with E-state index in [2.05, 4.69) is 6.92 Å². The van der Waals surface area contributed by atoms with Crippen LogP contribution in [0, 0.1) is 0 Å². The Morgan fingerprint density at radius 3 is 2.12 bits per heavy atom. The highest BCUT2D eigenvalue weighted by Crippen LogP contribution is 2.13. The van der Waals surface area contributed by atoms with Crippen molar-refractivity contribution in [3.63, 3.8) is 0 Å². The number of rotatable bonds is 12. The van der Waals surface area contributed by atoms with Crippen molar-refractivity contribution >= 4 is 17.7 Å². The van der Waals surface area contributed by atoms with E-state index in [1.165, 1.54) is 44.6 Å². The molecule has 0 bridgehead atoms. The molecule has 1 aromatic rings. The molecule has 0 heterocycles. The zero-order valence-electron chi connectivity index (χ0n) is 15.6. The van der Waals surface area contributed by atoms with Crippen LogP contribution in [-0.4, -0.2) is 26.7 Å². The zero-order valence-corrected chi connectivity index (χ0v) is 15.6. The van der Waals surface area contributed by atoms with E-state index in [9.17, 15) is 4.79 Å². The zero-order chi connectivity index (χ0) is 17.6. The number of carbonyl (C=O) groups is 1. The Morgan fingerprint density at radius 2 is 1.54 bits per heavy atom. The van der Waals surface area contributed by atoms with Gasteiger partial charge in [0.2, 0.25) is 0 Å². The van der Waals surface area contributed by atoms with Gasteiger partial charge in [0.15, 0.2) is 0 Å². The van der Waals surface area contributed by atoms with E-state index in [1.54, 1.807) is 6.08 Å². The fourth-order valence-electron chi connectivity index (χ4n) is 2.50. The second-order valence-corrected chi connectivity index (χ2v) is 6.46. The summed E-state index contributed by atoms with van der Waals surface area (Å²) >= 11 is 0. The molecule has 0 aliphatic heterocycles. The molecule has 134 valence electrons. The standard InChI is InChI=1S/C21H33NO2/c1-4-5-6-7-8-9-10-11-18-24-21(23)17-14-19-12-15-20(16-13-19)22(2)3/h12-17H,4-11,18H2,1-3H3. The van der Waals surface area contributed by atoms with E-state index in [4.69, 9.17) is 4.74 Å². The number of anilines is 1. The summed E-state index contributed by atoms with van der Waals surface area (Å²) in [4.78, 5) is 13.7. The molecule has 0 aromatic heterocycles. The summed E-state index contributed by atoms with van der Waals surface area (Å²) in [6.07, 6.45) is 13.3. The molecule has 0 radical (unpaired) electrons. The quantitative estimate of drug-likeness (QED) is 0.290. The number of ether oxygens (including phenoxy) is 1. The largest absolute Gasteiger partial charge is 0.463 e. The third-order valence-electron chi connectivity index (χ3n) is 4.06. The van der Waals surface area contributed by atoms with Crippen molar-refractivity contribution in [3.8, 4) is 0 Å². The summed E-state index contributed by atoms with van der Waals surface area (Å²) in [6.45, 7) is 2.76. The highest BCUT2D eigenvalue weighted by atomic mass is 16.5. The second-order valence-electron chi connectivity index (χ2n) is 6.46. The summed E-state index contributed by atoms with van der Waals surface area (Å²) in [5.41, 5.74) is 2.15. The summed E-state index contributed by atoms with van der Waals surface area (Å²) in [5.74, 6) is -0.255. The van der Waals surface area contributed by atoms with Gasteiger partial charge in [-0.25, -0.2) is 4.79 Å². The molecule has 0 aliphatic rings. The molecule has 0 saturated carbocycles. The van der Waals surface area contributed by atoms with Crippen LogP contribution in [-0.2, 0) is 9.53 Å². The van der Waals surface area contributed by atoms with Gasteiger partial charge >= 0.3 is 5.97 Å². The Hall–Kier alpha value is -1.77. The fraction of sp³-hybridized carbons (Fsp3) is 0.571. The van der Waals surface area contributed by atoms with Gasteiger partial charge in [-0.15, -0.1) is 0 Å². The van der Waals surface area contributed by atoms with Crippen molar-refractivity contribution in [2.24, 2.45) is 0 Å². The summed E-state index contributed by atoms with van der Waals surface area (Å²) in [6, 6.07) is 8.06. The predicted molar refractivity (Wildman–Crippen MR) is 103 cm³/mol. The molecular formula is C21H33NO2. The number of carbonyl (C=O) groups excluding carboxylic acids is 1. The van der Waals surface area contributed by atoms with E-state index in [-0.39, 0.29) is 5.97 Å². The normalized spacial score (nSPS) is 11.0. The average molecular weight is 332 g/mol. The second kappa shape index (κ2) is 12.6. The SMILES string of the molecule is CCCCCCCCCCOC(=O)C=Cc1ccc(N(C)C)cc1. The fourth-order valence-corrected chi connectivity index (χ4v) is 2.50. The van der Waals surface area contributed by atoms with E-state index < -0.39 is 0 Å². The topological polar surface area (TPSA) is 29.5 Å². The molecule has 0 atom stereocenters. The Kier molecular flexibility index (Phi) is 10.7.